The molecule has 1 N–H and O–H groups in total. The minimum Gasteiger partial charge on any atom is -0.451 e. The van der Waals surface area contributed by atoms with Crippen molar-refractivity contribution in [1.29, 1.82) is 0 Å². The number of amides is 1. The second kappa shape index (κ2) is 7.55. The van der Waals surface area contributed by atoms with E-state index in [1.807, 2.05) is 30.3 Å². The second-order valence-corrected chi connectivity index (χ2v) is 9.45. The second-order valence-electron chi connectivity index (χ2n) is 6.02. The Hall–Kier alpha value is -2.26. The highest BCUT2D eigenvalue weighted by Crippen LogP contribution is 2.28. The van der Waals surface area contributed by atoms with Gasteiger partial charge in [-0.2, -0.15) is 0 Å². The van der Waals surface area contributed by atoms with E-state index in [1.54, 1.807) is 6.92 Å². The lowest BCUT2D eigenvalue weighted by atomic mass is 10.1. The molecule has 9 heteroatoms. The van der Waals surface area contributed by atoms with E-state index < -0.39 is 34.4 Å². The van der Waals surface area contributed by atoms with E-state index in [9.17, 15) is 18.0 Å². The fourth-order valence-electron chi connectivity index (χ4n) is 2.73. The van der Waals surface area contributed by atoms with Gasteiger partial charge in [-0.1, -0.05) is 30.3 Å². The summed E-state index contributed by atoms with van der Waals surface area (Å²) in [6, 6.07) is 8.84. The van der Waals surface area contributed by atoms with Gasteiger partial charge in [0.05, 0.1) is 22.2 Å². The van der Waals surface area contributed by atoms with Crippen LogP contribution in [0.25, 0.3) is 11.3 Å². The molecule has 2 aromatic rings. The van der Waals surface area contributed by atoms with Gasteiger partial charge in [-0.25, -0.2) is 18.2 Å². The zero-order chi connectivity index (χ0) is 18.7. The van der Waals surface area contributed by atoms with Crippen LogP contribution < -0.4 is 5.32 Å². The number of nitrogens with zero attached hydrogens (tertiary/aromatic N) is 1. The SMILES string of the molecule is Cc1nc(-c2ccccc2)c(C(=O)OCC(=O)N[C@@H]2CCS(=O)(=O)C2)s1. The molecule has 0 spiro atoms. The van der Waals surface area contributed by atoms with Crippen LogP contribution in [0.5, 0.6) is 0 Å². The fourth-order valence-corrected chi connectivity index (χ4v) is 5.24. The molecular weight excluding hydrogens is 376 g/mol. The number of carbonyl (C=O) groups is 2. The average molecular weight is 394 g/mol. The van der Waals surface area contributed by atoms with Crippen LogP contribution in [0.3, 0.4) is 0 Å². The Balaban J connectivity index is 1.61. The van der Waals surface area contributed by atoms with Crippen LogP contribution in [0.2, 0.25) is 0 Å². The van der Waals surface area contributed by atoms with Crippen molar-refractivity contribution < 1.29 is 22.7 Å². The average Bonchev–Trinajstić information content (AvgIpc) is 3.15. The van der Waals surface area contributed by atoms with Crippen LogP contribution in [0.15, 0.2) is 30.3 Å². The van der Waals surface area contributed by atoms with E-state index in [0.29, 0.717) is 17.0 Å². The summed E-state index contributed by atoms with van der Waals surface area (Å²) in [6.45, 7) is 1.34. The highest BCUT2D eigenvalue weighted by atomic mass is 32.2. The first-order valence-electron chi connectivity index (χ1n) is 8.04. The molecule has 0 aliphatic carbocycles. The molecule has 0 radical (unpaired) electrons. The number of sulfone groups is 1. The van der Waals surface area contributed by atoms with Gasteiger partial charge in [-0.05, 0) is 13.3 Å². The van der Waals surface area contributed by atoms with Crippen LogP contribution in [-0.4, -0.2) is 49.4 Å². The normalized spacial score (nSPS) is 18.4. The van der Waals surface area contributed by atoms with E-state index in [4.69, 9.17) is 4.74 Å². The lowest BCUT2D eigenvalue weighted by Gasteiger charge is -2.11. The van der Waals surface area contributed by atoms with Crippen molar-refractivity contribution in [3.8, 4) is 11.3 Å². The Bertz CT molecular complexity index is 922. The van der Waals surface area contributed by atoms with Gasteiger partial charge in [0.15, 0.2) is 16.4 Å². The van der Waals surface area contributed by atoms with Crippen molar-refractivity contribution in [1.82, 2.24) is 10.3 Å². The number of rotatable bonds is 5. The van der Waals surface area contributed by atoms with E-state index in [1.165, 1.54) is 11.3 Å². The predicted molar refractivity (Wildman–Crippen MR) is 97.8 cm³/mol. The number of thiazole rings is 1. The van der Waals surface area contributed by atoms with E-state index in [0.717, 1.165) is 10.6 Å². The number of benzene rings is 1. The summed E-state index contributed by atoms with van der Waals surface area (Å²) in [5.41, 5.74) is 1.32. The van der Waals surface area contributed by atoms with Gasteiger partial charge in [-0.3, -0.25) is 4.79 Å². The van der Waals surface area contributed by atoms with Crippen LogP contribution in [0, 0.1) is 6.92 Å². The third-order valence-electron chi connectivity index (χ3n) is 3.90. The summed E-state index contributed by atoms with van der Waals surface area (Å²) in [4.78, 5) is 29.0. The van der Waals surface area contributed by atoms with Crippen LogP contribution in [0.4, 0.5) is 0 Å². The Morgan fingerprint density at radius 2 is 2.04 bits per heavy atom. The molecule has 0 unspecified atom stereocenters. The monoisotopic (exact) mass is 394 g/mol. The van der Waals surface area contributed by atoms with Crippen molar-refractivity contribution >= 4 is 33.1 Å². The minimum absolute atomic E-state index is 0.0678. The quantitative estimate of drug-likeness (QED) is 0.773. The summed E-state index contributed by atoms with van der Waals surface area (Å²) in [6.07, 6.45) is 0.383. The maximum absolute atomic E-state index is 12.4. The molecule has 1 amide bonds. The van der Waals surface area contributed by atoms with Crippen molar-refractivity contribution in [2.24, 2.45) is 0 Å². The summed E-state index contributed by atoms with van der Waals surface area (Å²) in [5.74, 6) is -1.14. The summed E-state index contributed by atoms with van der Waals surface area (Å²) < 4.78 is 27.9. The summed E-state index contributed by atoms with van der Waals surface area (Å²) in [7, 11) is -3.08. The largest absolute Gasteiger partial charge is 0.451 e. The molecule has 1 aromatic heterocycles. The number of ether oxygens (including phenoxy) is 1. The zero-order valence-corrected chi connectivity index (χ0v) is 15.7. The Labute approximate surface area is 155 Å². The first-order chi connectivity index (χ1) is 12.3. The standard InChI is InChI=1S/C17H18N2O5S2/c1-11-18-15(12-5-3-2-4-6-12)16(25-11)17(21)24-9-14(20)19-13-7-8-26(22,23)10-13/h2-6,13H,7-10H2,1H3,(H,19,20)/t13-/m1/s1. The number of esters is 1. The van der Waals surface area contributed by atoms with Gasteiger partial charge >= 0.3 is 5.97 Å². The molecule has 2 heterocycles. The fraction of sp³-hybridized carbons (Fsp3) is 0.353. The number of hydrogen-bond acceptors (Lipinski definition) is 7. The highest BCUT2D eigenvalue weighted by Gasteiger charge is 2.29. The summed E-state index contributed by atoms with van der Waals surface area (Å²) in [5, 5.41) is 3.30. The van der Waals surface area contributed by atoms with Gasteiger partial charge in [0.25, 0.3) is 5.91 Å². The number of carbonyl (C=O) groups excluding carboxylic acids is 2. The molecule has 0 saturated carbocycles. The Kier molecular flexibility index (Phi) is 5.38. The molecular formula is C17H18N2O5S2. The van der Waals surface area contributed by atoms with E-state index in [2.05, 4.69) is 10.3 Å². The topological polar surface area (TPSA) is 102 Å². The molecule has 1 aliphatic rings. The first kappa shape index (κ1) is 18.5. The smallest absolute Gasteiger partial charge is 0.351 e. The van der Waals surface area contributed by atoms with E-state index >= 15 is 0 Å². The van der Waals surface area contributed by atoms with Gasteiger partial charge < -0.3 is 10.1 Å². The van der Waals surface area contributed by atoms with Crippen LogP contribution in [0.1, 0.15) is 21.1 Å². The Morgan fingerprint density at radius 3 is 2.69 bits per heavy atom. The molecule has 1 aliphatic heterocycles. The lowest BCUT2D eigenvalue weighted by molar-refractivity contribution is -0.124. The first-order valence-corrected chi connectivity index (χ1v) is 10.7. The van der Waals surface area contributed by atoms with Crippen molar-refractivity contribution in [3.63, 3.8) is 0 Å². The van der Waals surface area contributed by atoms with Crippen molar-refractivity contribution in [3.05, 3.63) is 40.2 Å². The number of hydrogen-bond donors (Lipinski definition) is 1. The molecule has 3 rings (SSSR count). The third kappa shape index (κ3) is 4.47. The minimum atomic E-state index is -3.08. The third-order valence-corrected chi connectivity index (χ3v) is 6.62. The molecule has 26 heavy (non-hydrogen) atoms. The lowest BCUT2D eigenvalue weighted by Crippen LogP contribution is -2.38. The molecule has 7 nitrogen and oxygen atoms in total. The van der Waals surface area contributed by atoms with Gasteiger partial charge in [0.1, 0.15) is 4.88 Å². The van der Waals surface area contributed by atoms with E-state index in [-0.39, 0.29) is 11.5 Å². The summed E-state index contributed by atoms with van der Waals surface area (Å²) >= 11 is 1.20. The van der Waals surface area contributed by atoms with Gasteiger partial charge in [0, 0.05) is 11.6 Å². The molecule has 1 saturated heterocycles. The Morgan fingerprint density at radius 1 is 1.31 bits per heavy atom. The number of aromatic nitrogens is 1. The number of nitrogens with one attached hydrogen (secondary N) is 1. The van der Waals surface area contributed by atoms with Gasteiger partial charge in [-0.15, -0.1) is 11.3 Å². The van der Waals surface area contributed by atoms with Crippen molar-refractivity contribution in [2.45, 2.75) is 19.4 Å². The zero-order valence-electron chi connectivity index (χ0n) is 14.1. The predicted octanol–water partition coefficient (Wildman–Crippen LogP) is 1.58. The maximum Gasteiger partial charge on any atom is 0.351 e. The maximum atomic E-state index is 12.4. The molecule has 1 aromatic carbocycles. The van der Waals surface area contributed by atoms with Crippen LogP contribution in [-0.2, 0) is 19.4 Å². The van der Waals surface area contributed by atoms with Gasteiger partial charge in [0.2, 0.25) is 0 Å². The highest BCUT2D eigenvalue weighted by molar-refractivity contribution is 7.91. The van der Waals surface area contributed by atoms with Crippen molar-refractivity contribution in [2.75, 3.05) is 18.1 Å². The molecule has 0 bridgehead atoms. The molecule has 1 fully saturated rings. The molecule has 138 valence electrons. The number of aryl methyl sites for hydroxylation is 1. The van der Waals surface area contributed by atoms with Crippen LogP contribution >= 0.6 is 11.3 Å². The molecule has 1 atom stereocenters.